The summed E-state index contributed by atoms with van der Waals surface area (Å²) in [6.45, 7) is -4.23. The number of nitrogens with two attached hydrogens (primary N) is 1. The Hall–Kier alpha value is -0.875. The normalized spacial score (nSPS) is 23.6. The molecule has 3 nitrogen and oxygen atoms in total. The maximum atomic E-state index is 12.0. The number of carbonyl (C=O) groups excluding carboxylic acids is 1. The standard InChI is InChI=1S/C6H11BF3N2O/c8-7(9,10)3-5-1-2-12(4-5)6(11)13/h5H,1-4H2,(H2,11,13)/q-1. The Morgan fingerprint density at radius 1 is 1.54 bits per heavy atom. The fourth-order valence-electron chi connectivity index (χ4n) is 1.60. The third-order valence-corrected chi connectivity index (χ3v) is 2.20. The molecule has 1 fully saturated rings. The lowest BCUT2D eigenvalue weighted by Crippen LogP contribution is -2.34. The number of rotatable bonds is 2. The summed E-state index contributed by atoms with van der Waals surface area (Å²) in [5.74, 6) is -0.451. The zero-order valence-electron chi connectivity index (χ0n) is 7.05. The molecule has 13 heavy (non-hydrogen) atoms. The first kappa shape index (κ1) is 10.2. The quantitative estimate of drug-likeness (QED) is 0.661. The zero-order chi connectivity index (χ0) is 10.1. The van der Waals surface area contributed by atoms with Crippen molar-refractivity contribution in [1.82, 2.24) is 4.90 Å². The molecular formula is C6H11BF3N2O-. The number of likely N-dealkylation sites (tertiary alicyclic amines) is 1. The first-order valence-corrected chi connectivity index (χ1v) is 4.14. The van der Waals surface area contributed by atoms with Gasteiger partial charge in [-0.25, -0.2) is 4.79 Å². The van der Waals surface area contributed by atoms with Gasteiger partial charge in [0.25, 0.3) is 0 Å². The molecule has 1 saturated heterocycles. The van der Waals surface area contributed by atoms with Crippen LogP contribution in [-0.2, 0) is 0 Å². The van der Waals surface area contributed by atoms with E-state index in [1.165, 1.54) is 4.90 Å². The van der Waals surface area contributed by atoms with Crippen LogP contribution in [0.15, 0.2) is 0 Å². The van der Waals surface area contributed by atoms with Crippen molar-refractivity contribution in [3.63, 3.8) is 0 Å². The second kappa shape index (κ2) is 3.47. The summed E-state index contributed by atoms with van der Waals surface area (Å²) in [6, 6.07) is -0.628. The van der Waals surface area contributed by atoms with Crippen molar-refractivity contribution in [2.45, 2.75) is 12.7 Å². The third-order valence-electron chi connectivity index (χ3n) is 2.20. The van der Waals surface area contributed by atoms with E-state index in [9.17, 15) is 17.7 Å². The predicted molar refractivity (Wildman–Crippen MR) is 43.1 cm³/mol. The third kappa shape index (κ3) is 3.16. The van der Waals surface area contributed by atoms with E-state index in [0.717, 1.165) is 0 Å². The number of primary amides is 1. The largest absolute Gasteiger partial charge is 0.478 e. The monoisotopic (exact) mass is 195 g/mol. The lowest BCUT2D eigenvalue weighted by Gasteiger charge is -2.19. The van der Waals surface area contributed by atoms with Gasteiger partial charge >= 0.3 is 13.0 Å². The van der Waals surface area contributed by atoms with Crippen LogP contribution in [-0.4, -0.2) is 31.0 Å². The van der Waals surface area contributed by atoms with Gasteiger partial charge < -0.3 is 23.6 Å². The van der Waals surface area contributed by atoms with Crippen molar-refractivity contribution in [3.05, 3.63) is 0 Å². The number of nitrogens with zero attached hydrogens (tertiary/aromatic N) is 1. The van der Waals surface area contributed by atoms with Crippen molar-refractivity contribution < 1.29 is 17.7 Å². The second-order valence-electron chi connectivity index (χ2n) is 3.39. The molecule has 0 spiro atoms. The molecule has 1 aliphatic rings. The van der Waals surface area contributed by atoms with E-state index in [0.29, 0.717) is 13.0 Å². The van der Waals surface area contributed by atoms with E-state index >= 15 is 0 Å². The van der Waals surface area contributed by atoms with Crippen LogP contribution in [0.1, 0.15) is 6.42 Å². The minimum absolute atomic E-state index is 0.149. The van der Waals surface area contributed by atoms with Crippen LogP contribution in [0, 0.1) is 5.92 Å². The van der Waals surface area contributed by atoms with Gasteiger partial charge in [0.1, 0.15) is 0 Å². The first-order chi connectivity index (χ1) is 5.88. The van der Waals surface area contributed by atoms with Gasteiger partial charge in [-0.1, -0.05) is 6.32 Å². The predicted octanol–water partition coefficient (Wildman–Crippen LogP) is 1.23. The van der Waals surface area contributed by atoms with Crippen molar-refractivity contribution in [1.29, 1.82) is 0 Å². The van der Waals surface area contributed by atoms with Crippen molar-refractivity contribution in [3.8, 4) is 0 Å². The van der Waals surface area contributed by atoms with Gasteiger partial charge in [0.2, 0.25) is 0 Å². The number of urea groups is 1. The number of amides is 2. The summed E-state index contributed by atoms with van der Waals surface area (Å²) < 4.78 is 35.9. The van der Waals surface area contributed by atoms with Crippen LogP contribution in [0.25, 0.3) is 0 Å². The summed E-state index contributed by atoms with van der Waals surface area (Å²) in [5.41, 5.74) is 4.93. The van der Waals surface area contributed by atoms with E-state index in [-0.39, 0.29) is 6.54 Å². The van der Waals surface area contributed by atoms with E-state index in [1.54, 1.807) is 0 Å². The molecule has 0 aliphatic carbocycles. The van der Waals surface area contributed by atoms with Crippen LogP contribution < -0.4 is 5.73 Å². The second-order valence-corrected chi connectivity index (χ2v) is 3.39. The molecule has 1 unspecified atom stereocenters. The highest BCUT2D eigenvalue weighted by Crippen LogP contribution is 2.27. The Bertz CT molecular complexity index is 209. The minimum Gasteiger partial charge on any atom is -0.449 e. The molecule has 1 aliphatic heterocycles. The maximum absolute atomic E-state index is 12.0. The molecule has 2 amide bonds. The highest BCUT2D eigenvalue weighted by Gasteiger charge is 2.32. The molecule has 0 bridgehead atoms. The van der Waals surface area contributed by atoms with Crippen molar-refractivity contribution >= 4 is 13.0 Å². The van der Waals surface area contributed by atoms with E-state index in [2.05, 4.69) is 0 Å². The van der Waals surface area contributed by atoms with Gasteiger partial charge in [0, 0.05) is 13.1 Å². The van der Waals surface area contributed by atoms with E-state index < -0.39 is 25.2 Å². The van der Waals surface area contributed by atoms with E-state index in [4.69, 9.17) is 5.73 Å². The van der Waals surface area contributed by atoms with Gasteiger partial charge in [0.15, 0.2) is 0 Å². The van der Waals surface area contributed by atoms with Crippen LogP contribution in [0.4, 0.5) is 17.7 Å². The van der Waals surface area contributed by atoms with Crippen molar-refractivity contribution in [2.75, 3.05) is 13.1 Å². The van der Waals surface area contributed by atoms with Gasteiger partial charge in [-0.2, -0.15) is 0 Å². The molecule has 0 saturated carbocycles. The summed E-state index contributed by atoms with van der Waals surface area (Å²) in [6.07, 6.45) is -0.353. The number of carbonyl (C=O) groups is 1. The average Bonchev–Trinajstić information content (AvgIpc) is 2.31. The molecule has 1 heterocycles. The lowest BCUT2D eigenvalue weighted by atomic mass is 9.78. The Morgan fingerprint density at radius 3 is 2.54 bits per heavy atom. The molecule has 2 N–H and O–H groups in total. The summed E-state index contributed by atoms with van der Waals surface area (Å²) in [5, 5.41) is 0. The van der Waals surface area contributed by atoms with Gasteiger partial charge in [-0.15, -0.1) is 0 Å². The fourth-order valence-corrected chi connectivity index (χ4v) is 1.60. The van der Waals surface area contributed by atoms with Crippen LogP contribution in [0.3, 0.4) is 0 Å². The highest BCUT2D eigenvalue weighted by atomic mass is 19.4. The fraction of sp³-hybridized carbons (Fsp3) is 0.833. The number of hydrogen-bond donors (Lipinski definition) is 1. The van der Waals surface area contributed by atoms with Gasteiger partial charge in [0.05, 0.1) is 0 Å². The molecule has 1 atom stereocenters. The average molecular weight is 195 g/mol. The SMILES string of the molecule is NC(=O)N1CCC(C[B-](F)(F)F)C1. The molecule has 0 aromatic carbocycles. The van der Waals surface area contributed by atoms with Crippen molar-refractivity contribution in [2.24, 2.45) is 11.7 Å². The Morgan fingerprint density at radius 2 is 2.15 bits per heavy atom. The first-order valence-electron chi connectivity index (χ1n) is 4.14. The molecule has 0 aromatic heterocycles. The Labute approximate surface area is 74.1 Å². The number of halogens is 3. The Kier molecular flexibility index (Phi) is 2.73. The maximum Gasteiger partial charge on any atom is 0.478 e. The molecule has 76 valence electrons. The minimum atomic E-state index is -4.74. The van der Waals surface area contributed by atoms with Crippen LogP contribution in [0.5, 0.6) is 0 Å². The van der Waals surface area contributed by atoms with Gasteiger partial charge in [-0.05, 0) is 12.3 Å². The summed E-state index contributed by atoms with van der Waals surface area (Å²) in [7, 11) is 0. The van der Waals surface area contributed by atoms with E-state index in [1.807, 2.05) is 0 Å². The van der Waals surface area contributed by atoms with Crippen LogP contribution >= 0.6 is 0 Å². The molecule has 7 heteroatoms. The number of hydrogen-bond acceptors (Lipinski definition) is 1. The molecule has 0 radical (unpaired) electrons. The molecular weight excluding hydrogens is 184 g/mol. The smallest absolute Gasteiger partial charge is 0.449 e. The Balaban J connectivity index is 2.38. The molecule has 1 rings (SSSR count). The summed E-state index contributed by atoms with van der Waals surface area (Å²) in [4.78, 5) is 11.8. The highest BCUT2D eigenvalue weighted by molar-refractivity contribution is 6.58. The lowest BCUT2D eigenvalue weighted by molar-refractivity contribution is 0.217. The molecule has 0 aromatic rings. The van der Waals surface area contributed by atoms with Crippen LogP contribution in [0.2, 0.25) is 6.32 Å². The summed E-state index contributed by atoms with van der Waals surface area (Å²) >= 11 is 0. The van der Waals surface area contributed by atoms with Gasteiger partial charge in [-0.3, -0.25) is 0 Å². The zero-order valence-corrected chi connectivity index (χ0v) is 7.05. The topological polar surface area (TPSA) is 46.3 Å².